The van der Waals surface area contributed by atoms with Crippen molar-refractivity contribution in [2.24, 2.45) is 0 Å². The Hall–Kier alpha value is -2.69. The zero-order valence-electron chi connectivity index (χ0n) is 19.9. The molecule has 0 aromatic carbocycles. The monoisotopic (exact) mass is 440 g/mol. The van der Waals surface area contributed by atoms with Crippen molar-refractivity contribution in [1.29, 1.82) is 0 Å². The topological polar surface area (TPSA) is 59.5 Å². The number of aromatic nitrogens is 1. The standard InChI is InChI=1S/C27H40N2O3/c1-3-4-5-6-7-8-9-10-11-12-13-14-15-16-17-20-26(30)29(2)22-23-32-27(31)25-19-18-21-28-24-25/h4-5,7-8,10-11,18-19,21,24H,3,6,9,12-17,20,22-23H2,1-2H3/b5-4+,8-7+,11-10+. The highest BCUT2D eigenvalue weighted by Gasteiger charge is 2.10. The minimum atomic E-state index is -0.412. The largest absolute Gasteiger partial charge is 0.460 e. The molecule has 176 valence electrons. The van der Waals surface area contributed by atoms with Crippen molar-refractivity contribution in [2.75, 3.05) is 20.2 Å². The minimum Gasteiger partial charge on any atom is -0.460 e. The number of esters is 1. The summed E-state index contributed by atoms with van der Waals surface area (Å²) in [5.41, 5.74) is 0.421. The van der Waals surface area contributed by atoms with Crippen LogP contribution in [0.2, 0.25) is 0 Å². The van der Waals surface area contributed by atoms with E-state index in [1.165, 1.54) is 19.0 Å². The number of hydrogen-bond acceptors (Lipinski definition) is 4. The lowest BCUT2D eigenvalue weighted by molar-refractivity contribution is -0.130. The number of unbranched alkanes of at least 4 members (excludes halogenated alkanes) is 5. The van der Waals surface area contributed by atoms with Gasteiger partial charge in [-0.1, -0.05) is 62.6 Å². The minimum absolute atomic E-state index is 0.101. The predicted octanol–water partition coefficient (Wildman–Crippen LogP) is 6.29. The molecule has 0 saturated carbocycles. The average molecular weight is 441 g/mol. The van der Waals surface area contributed by atoms with Crippen molar-refractivity contribution < 1.29 is 14.3 Å². The Morgan fingerprint density at radius 3 is 2.38 bits per heavy atom. The molecule has 0 spiro atoms. The van der Waals surface area contributed by atoms with E-state index in [-0.39, 0.29) is 12.5 Å². The van der Waals surface area contributed by atoms with Gasteiger partial charge in [0.05, 0.1) is 12.1 Å². The van der Waals surface area contributed by atoms with Gasteiger partial charge < -0.3 is 9.64 Å². The van der Waals surface area contributed by atoms with Gasteiger partial charge in [0.25, 0.3) is 0 Å². The SMILES string of the molecule is CC/C=C/C/C=C/C/C=C/CCCCCCCC(=O)N(C)CCOC(=O)c1cccnc1. The van der Waals surface area contributed by atoms with E-state index in [1.807, 2.05) is 0 Å². The van der Waals surface area contributed by atoms with Crippen molar-refractivity contribution >= 4 is 11.9 Å². The fourth-order valence-corrected chi connectivity index (χ4v) is 3.05. The smallest absolute Gasteiger partial charge is 0.339 e. The van der Waals surface area contributed by atoms with Crippen LogP contribution in [0.3, 0.4) is 0 Å². The zero-order chi connectivity index (χ0) is 23.3. The zero-order valence-corrected chi connectivity index (χ0v) is 19.9. The Morgan fingerprint density at radius 1 is 0.969 bits per heavy atom. The van der Waals surface area contributed by atoms with Gasteiger partial charge in [0.15, 0.2) is 0 Å². The van der Waals surface area contributed by atoms with Crippen LogP contribution in [-0.4, -0.2) is 42.0 Å². The Labute approximate surface area is 194 Å². The van der Waals surface area contributed by atoms with Crippen molar-refractivity contribution in [3.8, 4) is 0 Å². The van der Waals surface area contributed by atoms with Crippen LogP contribution in [0.1, 0.15) is 81.5 Å². The fraction of sp³-hybridized carbons (Fsp3) is 0.519. The van der Waals surface area contributed by atoms with Crippen LogP contribution in [0.15, 0.2) is 61.0 Å². The summed E-state index contributed by atoms with van der Waals surface area (Å²) in [5, 5.41) is 0. The van der Waals surface area contributed by atoms with Crippen LogP contribution in [-0.2, 0) is 9.53 Å². The van der Waals surface area contributed by atoms with Gasteiger partial charge in [-0.05, 0) is 50.7 Å². The second kappa shape index (κ2) is 19.0. The molecule has 5 nitrogen and oxygen atoms in total. The summed E-state index contributed by atoms with van der Waals surface area (Å²) < 4.78 is 5.20. The third-order valence-corrected chi connectivity index (χ3v) is 5.02. The summed E-state index contributed by atoms with van der Waals surface area (Å²) in [7, 11) is 1.75. The number of allylic oxidation sites excluding steroid dienone is 6. The summed E-state index contributed by atoms with van der Waals surface area (Å²) in [6.45, 7) is 2.74. The lowest BCUT2D eigenvalue weighted by Crippen LogP contribution is -2.30. The second-order valence-electron chi connectivity index (χ2n) is 7.79. The number of pyridine rings is 1. The van der Waals surface area contributed by atoms with Crippen molar-refractivity contribution in [2.45, 2.75) is 71.1 Å². The van der Waals surface area contributed by atoms with Gasteiger partial charge in [-0.2, -0.15) is 0 Å². The fourth-order valence-electron chi connectivity index (χ4n) is 3.05. The third kappa shape index (κ3) is 14.3. The first-order valence-corrected chi connectivity index (χ1v) is 11.9. The first kappa shape index (κ1) is 27.3. The molecular weight excluding hydrogens is 400 g/mol. The quantitative estimate of drug-likeness (QED) is 0.162. The molecule has 1 heterocycles. The summed E-state index contributed by atoms with van der Waals surface area (Å²) >= 11 is 0. The van der Waals surface area contributed by atoms with E-state index in [9.17, 15) is 9.59 Å². The van der Waals surface area contributed by atoms with Gasteiger partial charge >= 0.3 is 5.97 Å². The van der Waals surface area contributed by atoms with Crippen LogP contribution in [0, 0.1) is 0 Å². The molecule has 0 N–H and O–H groups in total. The van der Waals surface area contributed by atoms with Crippen LogP contribution in [0.4, 0.5) is 0 Å². The van der Waals surface area contributed by atoms with Gasteiger partial charge in [-0.3, -0.25) is 9.78 Å². The highest BCUT2D eigenvalue weighted by Crippen LogP contribution is 2.09. The molecule has 0 saturated heterocycles. The Morgan fingerprint density at radius 2 is 1.66 bits per heavy atom. The number of likely N-dealkylation sites (N-methyl/N-ethyl adjacent to an activating group) is 1. The first-order chi connectivity index (χ1) is 15.6. The highest BCUT2D eigenvalue weighted by molar-refractivity contribution is 5.88. The van der Waals surface area contributed by atoms with Gasteiger partial charge in [-0.15, -0.1) is 0 Å². The summed E-state index contributed by atoms with van der Waals surface area (Å²) in [4.78, 5) is 29.6. The maximum Gasteiger partial charge on any atom is 0.339 e. The number of hydrogen-bond donors (Lipinski definition) is 0. The lowest BCUT2D eigenvalue weighted by Gasteiger charge is -2.17. The number of amides is 1. The van der Waals surface area contributed by atoms with Crippen molar-refractivity contribution in [3.63, 3.8) is 0 Å². The van der Waals surface area contributed by atoms with E-state index >= 15 is 0 Å². The molecule has 0 fully saturated rings. The molecule has 5 heteroatoms. The lowest BCUT2D eigenvalue weighted by atomic mass is 10.1. The van der Waals surface area contributed by atoms with Gasteiger partial charge in [0.1, 0.15) is 6.61 Å². The number of carbonyl (C=O) groups is 2. The van der Waals surface area contributed by atoms with Crippen molar-refractivity contribution in [3.05, 3.63) is 66.5 Å². The van der Waals surface area contributed by atoms with Crippen LogP contribution in [0.25, 0.3) is 0 Å². The molecule has 0 aliphatic rings. The van der Waals surface area contributed by atoms with E-state index in [1.54, 1.807) is 30.3 Å². The summed E-state index contributed by atoms with van der Waals surface area (Å²) in [6.07, 6.45) is 26.8. The van der Waals surface area contributed by atoms with Crippen molar-refractivity contribution in [1.82, 2.24) is 9.88 Å². The number of nitrogens with zero attached hydrogens (tertiary/aromatic N) is 2. The number of rotatable bonds is 17. The molecule has 0 radical (unpaired) electrons. The molecule has 0 atom stereocenters. The van der Waals surface area contributed by atoms with E-state index in [0.717, 1.165) is 44.9 Å². The molecule has 0 aliphatic carbocycles. The summed E-state index contributed by atoms with van der Waals surface area (Å²) in [6, 6.07) is 3.35. The molecule has 1 rings (SSSR count). The molecule has 1 aromatic heterocycles. The molecule has 0 unspecified atom stereocenters. The van der Waals surface area contributed by atoms with Crippen LogP contribution in [0.5, 0.6) is 0 Å². The van der Waals surface area contributed by atoms with E-state index in [0.29, 0.717) is 18.5 Å². The normalized spacial score (nSPS) is 11.6. The van der Waals surface area contributed by atoms with Gasteiger partial charge in [0, 0.05) is 25.9 Å². The first-order valence-electron chi connectivity index (χ1n) is 11.9. The maximum atomic E-state index is 12.2. The molecule has 32 heavy (non-hydrogen) atoms. The van der Waals surface area contributed by atoms with Crippen LogP contribution >= 0.6 is 0 Å². The maximum absolute atomic E-state index is 12.2. The molecular formula is C27H40N2O3. The Bertz CT molecular complexity index is 711. The van der Waals surface area contributed by atoms with Gasteiger partial charge in [0.2, 0.25) is 5.91 Å². The highest BCUT2D eigenvalue weighted by atomic mass is 16.5. The van der Waals surface area contributed by atoms with E-state index < -0.39 is 5.97 Å². The van der Waals surface area contributed by atoms with Gasteiger partial charge in [-0.25, -0.2) is 4.79 Å². The van der Waals surface area contributed by atoms with E-state index in [4.69, 9.17) is 4.74 Å². The number of carbonyl (C=O) groups excluding carboxylic acids is 2. The predicted molar refractivity (Wildman–Crippen MR) is 131 cm³/mol. The van der Waals surface area contributed by atoms with Crippen LogP contribution < -0.4 is 0 Å². The Kier molecular flexibility index (Phi) is 16.3. The number of ether oxygens (including phenoxy) is 1. The third-order valence-electron chi connectivity index (χ3n) is 5.02. The average Bonchev–Trinajstić information content (AvgIpc) is 2.81. The molecule has 0 bridgehead atoms. The summed E-state index contributed by atoms with van der Waals surface area (Å²) in [5.74, 6) is -0.311. The molecule has 0 aliphatic heterocycles. The Balaban J connectivity index is 1.96. The van der Waals surface area contributed by atoms with E-state index in [2.05, 4.69) is 48.4 Å². The molecule has 1 aromatic rings. The molecule has 1 amide bonds. The second-order valence-corrected chi connectivity index (χ2v) is 7.79.